The number of carbonyl (C=O) groups is 1. The summed E-state index contributed by atoms with van der Waals surface area (Å²) in [4.78, 5) is 30.6. The predicted octanol–water partition coefficient (Wildman–Crippen LogP) is 3.15. The molecule has 0 bridgehead atoms. The zero-order valence-corrected chi connectivity index (χ0v) is 21.2. The van der Waals surface area contributed by atoms with Crippen LogP contribution in [0.2, 0.25) is 5.02 Å². The van der Waals surface area contributed by atoms with Crippen LogP contribution in [0.15, 0.2) is 16.9 Å². The average molecular weight is 492 g/mol. The number of pyridine rings is 1. The highest BCUT2D eigenvalue weighted by atomic mass is 35.5. The normalized spacial score (nSPS) is 18.2. The maximum absolute atomic E-state index is 13.5. The minimum Gasteiger partial charge on any atom is -0.334 e. The topological polar surface area (TPSA) is 90.6 Å². The number of benzene rings is 1. The van der Waals surface area contributed by atoms with Gasteiger partial charge < -0.3 is 9.88 Å². The number of halogens is 1. The van der Waals surface area contributed by atoms with Gasteiger partial charge in [-0.05, 0) is 67.3 Å². The van der Waals surface area contributed by atoms with Gasteiger partial charge in [-0.3, -0.25) is 9.59 Å². The third-order valence-corrected chi connectivity index (χ3v) is 8.78. The van der Waals surface area contributed by atoms with Crippen LogP contribution in [0.1, 0.15) is 56.7 Å². The van der Waals surface area contributed by atoms with E-state index in [-0.39, 0.29) is 29.8 Å². The van der Waals surface area contributed by atoms with Crippen molar-refractivity contribution in [3.05, 3.63) is 66.6 Å². The summed E-state index contributed by atoms with van der Waals surface area (Å²) in [5.74, 6) is 0.00671. The van der Waals surface area contributed by atoms with Crippen LogP contribution >= 0.6 is 11.6 Å². The van der Waals surface area contributed by atoms with Crippen LogP contribution in [0.4, 0.5) is 0 Å². The molecule has 1 amide bonds. The molecule has 4 rings (SSSR count). The zero-order valence-electron chi connectivity index (χ0n) is 19.7. The Morgan fingerprint density at radius 3 is 2.42 bits per heavy atom. The number of aryl methyl sites for hydroxylation is 3. The Labute approximate surface area is 199 Å². The second-order valence-electron chi connectivity index (χ2n) is 9.50. The first-order valence-corrected chi connectivity index (χ1v) is 13.4. The molecule has 7 nitrogen and oxygen atoms in total. The van der Waals surface area contributed by atoms with Gasteiger partial charge in [0.15, 0.2) is 0 Å². The minimum atomic E-state index is -3.19. The Morgan fingerprint density at radius 2 is 1.82 bits per heavy atom. The number of nitrogens with one attached hydrogen (secondary N) is 1. The SMILES string of the molecule is Cc1cc(C)c(CN2CCc3c(C)cc(C(C)C4CN(S(C)(=O)=O)C4)c(Cl)c3C2=O)c(=O)[nH]1. The molecule has 1 atom stereocenters. The number of nitrogens with zero attached hydrogens (tertiary/aromatic N) is 2. The quantitative estimate of drug-likeness (QED) is 0.695. The van der Waals surface area contributed by atoms with Crippen molar-refractivity contribution in [2.75, 3.05) is 25.9 Å². The second kappa shape index (κ2) is 8.56. The first-order chi connectivity index (χ1) is 15.4. The fourth-order valence-electron chi connectivity index (χ4n) is 4.97. The van der Waals surface area contributed by atoms with Gasteiger partial charge in [-0.15, -0.1) is 0 Å². The molecular weight excluding hydrogens is 462 g/mol. The molecule has 0 spiro atoms. The van der Waals surface area contributed by atoms with Crippen molar-refractivity contribution in [1.82, 2.24) is 14.2 Å². The predicted molar refractivity (Wildman–Crippen MR) is 129 cm³/mol. The average Bonchev–Trinajstić information content (AvgIpc) is 2.65. The van der Waals surface area contributed by atoms with Crippen LogP contribution < -0.4 is 5.56 Å². The van der Waals surface area contributed by atoms with Gasteiger partial charge in [-0.1, -0.05) is 24.6 Å². The van der Waals surface area contributed by atoms with Crippen LogP contribution in [0.25, 0.3) is 0 Å². The van der Waals surface area contributed by atoms with Crippen LogP contribution in [0.3, 0.4) is 0 Å². The van der Waals surface area contributed by atoms with Gasteiger partial charge >= 0.3 is 0 Å². The Morgan fingerprint density at radius 1 is 1.15 bits per heavy atom. The molecule has 1 N–H and O–H groups in total. The van der Waals surface area contributed by atoms with E-state index in [1.807, 2.05) is 39.8 Å². The van der Waals surface area contributed by atoms with Gasteiger partial charge in [0.05, 0.1) is 23.4 Å². The van der Waals surface area contributed by atoms with Crippen LogP contribution in [-0.2, 0) is 23.0 Å². The molecule has 1 fully saturated rings. The van der Waals surface area contributed by atoms with Crippen molar-refractivity contribution >= 4 is 27.5 Å². The minimum absolute atomic E-state index is 0.0184. The zero-order chi connectivity index (χ0) is 24.2. The lowest BCUT2D eigenvalue weighted by molar-refractivity contribution is 0.0725. The van der Waals surface area contributed by atoms with E-state index in [4.69, 9.17) is 11.6 Å². The summed E-state index contributed by atoms with van der Waals surface area (Å²) < 4.78 is 25.0. The fraction of sp³-hybridized carbons (Fsp3) is 0.500. The van der Waals surface area contributed by atoms with Gasteiger partial charge in [-0.25, -0.2) is 12.7 Å². The van der Waals surface area contributed by atoms with E-state index in [1.54, 1.807) is 4.90 Å². The highest BCUT2D eigenvalue weighted by molar-refractivity contribution is 7.88. The second-order valence-corrected chi connectivity index (χ2v) is 11.9. The number of carbonyl (C=O) groups excluding carboxylic acids is 1. The summed E-state index contributed by atoms with van der Waals surface area (Å²) in [6.45, 7) is 9.43. The van der Waals surface area contributed by atoms with Crippen molar-refractivity contribution in [1.29, 1.82) is 0 Å². The molecule has 33 heavy (non-hydrogen) atoms. The Kier molecular flexibility index (Phi) is 6.22. The van der Waals surface area contributed by atoms with E-state index in [0.29, 0.717) is 42.2 Å². The molecule has 2 aliphatic heterocycles. The van der Waals surface area contributed by atoms with Crippen molar-refractivity contribution in [2.24, 2.45) is 5.92 Å². The highest BCUT2D eigenvalue weighted by Crippen LogP contribution is 2.41. The molecule has 2 aliphatic rings. The number of amides is 1. The third kappa shape index (κ3) is 4.36. The number of aromatic nitrogens is 1. The van der Waals surface area contributed by atoms with Crippen molar-refractivity contribution < 1.29 is 13.2 Å². The Hall–Kier alpha value is -2.16. The Bertz CT molecular complexity index is 1300. The first kappa shape index (κ1) is 24.0. The summed E-state index contributed by atoms with van der Waals surface area (Å²) in [6, 6.07) is 3.96. The number of sulfonamides is 1. The molecule has 0 radical (unpaired) electrons. The van der Waals surface area contributed by atoms with Crippen molar-refractivity contribution in [2.45, 2.75) is 46.6 Å². The summed E-state index contributed by atoms with van der Waals surface area (Å²) in [6.07, 6.45) is 1.90. The van der Waals surface area contributed by atoms with Gasteiger partial charge in [-0.2, -0.15) is 0 Å². The van der Waals surface area contributed by atoms with E-state index >= 15 is 0 Å². The van der Waals surface area contributed by atoms with Crippen molar-refractivity contribution in [3.8, 4) is 0 Å². The largest absolute Gasteiger partial charge is 0.334 e. The molecule has 1 aromatic heterocycles. The number of hydrogen-bond acceptors (Lipinski definition) is 4. The van der Waals surface area contributed by atoms with Gasteiger partial charge in [0.2, 0.25) is 10.0 Å². The molecule has 9 heteroatoms. The van der Waals surface area contributed by atoms with Gasteiger partial charge in [0.1, 0.15) is 0 Å². The lowest BCUT2D eigenvalue weighted by Gasteiger charge is -2.41. The van der Waals surface area contributed by atoms with E-state index < -0.39 is 10.0 Å². The van der Waals surface area contributed by atoms with Crippen LogP contribution in [-0.4, -0.2) is 54.4 Å². The molecule has 1 aromatic carbocycles. The smallest absolute Gasteiger partial charge is 0.255 e. The van der Waals surface area contributed by atoms with E-state index in [2.05, 4.69) is 4.98 Å². The fourth-order valence-corrected chi connectivity index (χ4v) is 6.32. The molecule has 2 aromatic rings. The summed E-state index contributed by atoms with van der Waals surface area (Å²) >= 11 is 6.84. The number of H-pyrrole nitrogens is 1. The van der Waals surface area contributed by atoms with Crippen LogP contribution in [0, 0.1) is 26.7 Å². The molecular formula is C24H30ClN3O4S. The first-order valence-electron chi connectivity index (χ1n) is 11.1. The Balaban J connectivity index is 1.64. The molecule has 178 valence electrons. The number of rotatable bonds is 5. The van der Waals surface area contributed by atoms with Gasteiger partial charge in [0, 0.05) is 30.9 Å². The number of hydrogen-bond donors (Lipinski definition) is 1. The molecule has 1 saturated heterocycles. The molecule has 1 unspecified atom stereocenters. The highest BCUT2D eigenvalue weighted by Gasteiger charge is 2.39. The number of aromatic amines is 1. The molecule has 0 aliphatic carbocycles. The van der Waals surface area contributed by atoms with Crippen LogP contribution in [0.5, 0.6) is 0 Å². The lowest BCUT2D eigenvalue weighted by atomic mass is 9.80. The summed E-state index contributed by atoms with van der Waals surface area (Å²) in [7, 11) is -3.19. The summed E-state index contributed by atoms with van der Waals surface area (Å²) in [5.41, 5.74) is 5.45. The third-order valence-electron chi connectivity index (χ3n) is 7.14. The maximum Gasteiger partial charge on any atom is 0.255 e. The van der Waals surface area contributed by atoms with E-state index in [1.165, 1.54) is 10.6 Å². The van der Waals surface area contributed by atoms with Crippen molar-refractivity contribution in [3.63, 3.8) is 0 Å². The lowest BCUT2D eigenvalue weighted by Crippen LogP contribution is -2.51. The molecule has 3 heterocycles. The maximum atomic E-state index is 13.5. The summed E-state index contributed by atoms with van der Waals surface area (Å²) in [5, 5.41) is 0.449. The van der Waals surface area contributed by atoms with Gasteiger partial charge in [0.25, 0.3) is 11.5 Å². The van der Waals surface area contributed by atoms with E-state index in [9.17, 15) is 18.0 Å². The standard InChI is InChI=1S/C24H30ClN3O4S/c1-13-8-15(3)26-23(29)20(13)12-27-7-6-18-14(2)9-19(22(25)21(18)24(27)30)16(4)17-10-28(11-17)33(5,31)32/h8-9,16-17H,6-7,10-12H2,1-5H3,(H,26,29). The molecule has 0 saturated carbocycles. The monoisotopic (exact) mass is 491 g/mol. The van der Waals surface area contributed by atoms with E-state index in [0.717, 1.165) is 27.9 Å². The number of fused-ring (bicyclic) bond motifs is 1.